The standard InChI is InChI=1S/C25H29ClN6O3.2H2S/c1-33-25-28-23(31-11-19-7-17(31)14-35-19)9-24(29-25)32-22-8-20(21(26)6-16(22)10-27-32)15-2-4-30(5-3-15)18-12-34-13-18;;/h6,8-10,15,17-19H,2-5,7,11-14H2,1H3;2*1H2. The molecule has 12 heteroatoms. The summed E-state index contributed by atoms with van der Waals surface area (Å²) in [6.45, 7) is 5.49. The summed E-state index contributed by atoms with van der Waals surface area (Å²) in [7, 11) is 1.60. The second-order valence-electron chi connectivity index (χ2n) is 10.1. The van der Waals surface area contributed by atoms with E-state index in [1.54, 1.807) is 7.11 Å². The second kappa shape index (κ2) is 10.8. The van der Waals surface area contributed by atoms with E-state index in [2.05, 4.69) is 30.9 Å². The van der Waals surface area contributed by atoms with Gasteiger partial charge in [0, 0.05) is 23.0 Å². The van der Waals surface area contributed by atoms with E-state index >= 15 is 0 Å². The molecular weight excluding hydrogens is 532 g/mol. The molecule has 0 spiro atoms. The van der Waals surface area contributed by atoms with Gasteiger partial charge in [-0.1, -0.05) is 11.6 Å². The summed E-state index contributed by atoms with van der Waals surface area (Å²) in [5.74, 6) is 1.98. The molecule has 1 aromatic carbocycles. The molecular formula is C25H33ClN6O3S2. The number of benzene rings is 1. The van der Waals surface area contributed by atoms with Crippen LogP contribution in [0.15, 0.2) is 24.4 Å². The molecule has 4 aliphatic rings. The van der Waals surface area contributed by atoms with Crippen LogP contribution in [0.4, 0.5) is 5.82 Å². The Morgan fingerprint density at radius 1 is 1.00 bits per heavy atom. The average Bonchev–Trinajstić information content (AvgIpc) is 3.58. The van der Waals surface area contributed by atoms with Gasteiger partial charge in [-0.25, -0.2) is 4.68 Å². The third kappa shape index (κ3) is 4.79. The SMILES string of the molecule is COc1nc(N2CC3CC2CO3)cc(-n2ncc3cc(Cl)c(C4CCN(C5COC5)CC4)cc32)n1.S.S. The maximum absolute atomic E-state index is 6.79. The lowest BCUT2D eigenvalue weighted by Gasteiger charge is -2.41. The Morgan fingerprint density at radius 2 is 1.78 bits per heavy atom. The predicted molar refractivity (Wildman–Crippen MR) is 153 cm³/mol. The number of aromatic nitrogens is 4. The molecule has 37 heavy (non-hydrogen) atoms. The third-order valence-electron chi connectivity index (χ3n) is 8.07. The summed E-state index contributed by atoms with van der Waals surface area (Å²) in [5, 5.41) is 6.50. The third-order valence-corrected chi connectivity index (χ3v) is 8.39. The molecule has 0 amide bonds. The smallest absolute Gasteiger partial charge is 0.320 e. The highest BCUT2D eigenvalue weighted by Gasteiger charge is 2.40. The number of halogens is 1. The second-order valence-corrected chi connectivity index (χ2v) is 10.5. The summed E-state index contributed by atoms with van der Waals surface area (Å²) < 4.78 is 18.5. The number of rotatable bonds is 5. The fourth-order valence-electron chi connectivity index (χ4n) is 6.00. The van der Waals surface area contributed by atoms with Crippen LogP contribution in [0.3, 0.4) is 0 Å². The van der Waals surface area contributed by atoms with Crippen LogP contribution in [0.25, 0.3) is 16.7 Å². The zero-order valence-electron chi connectivity index (χ0n) is 20.8. The number of methoxy groups -OCH3 is 1. The van der Waals surface area contributed by atoms with Gasteiger partial charge in [0.05, 0.1) is 56.8 Å². The van der Waals surface area contributed by atoms with Crippen molar-refractivity contribution in [1.29, 1.82) is 0 Å². The van der Waals surface area contributed by atoms with Crippen molar-refractivity contribution in [2.75, 3.05) is 51.5 Å². The summed E-state index contributed by atoms with van der Waals surface area (Å²) in [5.41, 5.74) is 2.19. The van der Waals surface area contributed by atoms with E-state index in [1.165, 1.54) is 5.56 Å². The first-order valence-electron chi connectivity index (χ1n) is 12.5. The lowest BCUT2D eigenvalue weighted by atomic mass is 9.88. The van der Waals surface area contributed by atoms with Gasteiger partial charge in [0.2, 0.25) is 0 Å². The van der Waals surface area contributed by atoms with Gasteiger partial charge in [-0.3, -0.25) is 4.90 Å². The number of anilines is 1. The number of morpholine rings is 1. The van der Waals surface area contributed by atoms with Crippen LogP contribution in [0.2, 0.25) is 5.02 Å². The molecule has 2 unspecified atom stereocenters. The predicted octanol–water partition coefficient (Wildman–Crippen LogP) is 3.26. The fourth-order valence-corrected chi connectivity index (χ4v) is 6.32. The molecule has 200 valence electrons. The zero-order chi connectivity index (χ0) is 23.5. The zero-order valence-corrected chi connectivity index (χ0v) is 23.5. The van der Waals surface area contributed by atoms with Crippen LogP contribution in [-0.4, -0.2) is 89.4 Å². The van der Waals surface area contributed by atoms with E-state index in [0.29, 0.717) is 29.8 Å². The Balaban J connectivity index is 0.00000140. The van der Waals surface area contributed by atoms with Gasteiger partial charge in [-0.15, -0.1) is 0 Å². The van der Waals surface area contributed by atoms with Crippen molar-refractivity contribution in [1.82, 2.24) is 24.6 Å². The number of fused-ring (bicyclic) bond motifs is 3. The first-order chi connectivity index (χ1) is 17.2. The molecule has 2 bridgehead atoms. The minimum atomic E-state index is 0. The van der Waals surface area contributed by atoms with Crippen molar-refractivity contribution >= 4 is 55.3 Å². The highest BCUT2D eigenvalue weighted by Crippen LogP contribution is 2.37. The maximum atomic E-state index is 6.79. The van der Waals surface area contributed by atoms with Gasteiger partial charge in [0.1, 0.15) is 5.82 Å². The van der Waals surface area contributed by atoms with Gasteiger partial charge in [-0.2, -0.15) is 42.1 Å². The molecule has 4 fully saturated rings. The molecule has 0 radical (unpaired) electrons. The topological polar surface area (TPSA) is 77.8 Å². The summed E-state index contributed by atoms with van der Waals surface area (Å²) in [6, 6.07) is 7.53. The molecule has 7 rings (SSSR count). The van der Waals surface area contributed by atoms with Gasteiger partial charge in [0.15, 0.2) is 5.82 Å². The van der Waals surface area contributed by atoms with Crippen LogP contribution in [0.5, 0.6) is 6.01 Å². The van der Waals surface area contributed by atoms with Crippen LogP contribution in [-0.2, 0) is 9.47 Å². The van der Waals surface area contributed by atoms with Crippen LogP contribution < -0.4 is 9.64 Å². The Kier molecular flexibility index (Phi) is 7.82. The Labute approximate surface area is 235 Å². The van der Waals surface area contributed by atoms with E-state index < -0.39 is 0 Å². The molecule has 9 nitrogen and oxygen atoms in total. The minimum Gasteiger partial charge on any atom is -0.467 e. The van der Waals surface area contributed by atoms with Crippen molar-refractivity contribution in [3.05, 3.63) is 35.0 Å². The fraction of sp³-hybridized carbons (Fsp3) is 0.560. The number of likely N-dealkylation sites (tertiary alicyclic amines) is 1. The number of nitrogens with zero attached hydrogens (tertiary/aromatic N) is 6. The highest BCUT2D eigenvalue weighted by molar-refractivity contribution is 7.59. The molecule has 0 N–H and O–H groups in total. The summed E-state index contributed by atoms with van der Waals surface area (Å²) in [4.78, 5) is 14.1. The van der Waals surface area contributed by atoms with E-state index in [0.717, 1.165) is 80.5 Å². The van der Waals surface area contributed by atoms with Crippen molar-refractivity contribution in [3.8, 4) is 11.8 Å². The molecule has 0 aliphatic carbocycles. The minimum absolute atomic E-state index is 0. The quantitative estimate of drug-likeness (QED) is 0.467. The van der Waals surface area contributed by atoms with Gasteiger partial charge in [0.25, 0.3) is 0 Å². The van der Waals surface area contributed by atoms with Crippen molar-refractivity contribution < 1.29 is 14.2 Å². The maximum Gasteiger partial charge on any atom is 0.320 e. The van der Waals surface area contributed by atoms with Gasteiger partial charge < -0.3 is 19.1 Å². The van der Waals surface area contributed by atoms with Crippen LogP contribution in [0.1, 0.15) is 30.7 Å². The number of hydrogen-bond acceptors (Lipinski definition) is 8. The van der Waals surface area contributed by atoms with Gasteiger partial charge >= 0.3 is 6.01 Å². The Morgan fingerprint density at radius 3 is 2.43 bits per heavy atom. The van der Waals surface area contributed by atoms with Crippen LogP contribution in [0, 0.1) is 0 Å². The van der Waals surface area contributed by atoms with E-state index in [1.807, 2.05) is 23.0 Å². The number of hydrogen-bond donors (Lipinski definition) is 0. The number of ether oxygens (including phenoxy) is 3. The molecule has 6 heterocycles. The Hall–Kier alpha value is -1.76. The lowest BCUT2D eigenvalue weighted by Crippen LogP contribution is -2.51. The Bertz CT molecular complexity index is 1270. The molecule has 0 saturated carbocycles. The monoisotopic (exact) mass is 564 g/mol. The first kappa shape index (κ1) is 26.8. The first-order valence-corrected chi connectivity index (χ1v) is 12.8. The molecule has 4 saturated heterocycles. The van der Waals surface area contributed by atoms with Crippen molar-refractivity contribution in [3.63, 3.8) is 0 Å². The van der Waals surface area contributed by atoms with Crippen molar-refractivity contribution in [2.45, 2.75) is 43.4 Å². The van der Waals surface area contributed by atoms with Crippen LogP contribution >= 0.6 is 38.6 Å². The molecule has 2 aromatic heterocycles. The van der Waals surface area contributed by atoms with E-state index in [-0.39, 0.29) is 33.1 Å². The molecule has 4 aliphatic heterocycles. The largest absolute Gasteiger partial charge is 0.467 e. The normalized spacial score (nSPS) is 24.1. The van der Waals surface area contributed by atoms with Crippen molar-refractivity contribution in [2.24, 2.45) is 0 Å². The summed E-state index contributed by atoms with van der Waals surface area (Å²) >= 11 is 6.79. The average molecular weight is 565 g/mol. The summed E-state index contributed by atoms with van der Waals surface area (Å²) in [6.07, 6.45) is 5.37. The lowest BCUT2D eigenvalue weighted by molar-refractivity contribution is -0.0712. The van der Waals surface area contributed by atoms with Gasteiger partial charge in [-0.05, 0) is 56.0 Å². The number of piperidine rings is 1. The highest BCUT2D eigenvalue weighted by atomic mass is 35.5. The van der Waals surface area contributed by atoms with E-state index in [9.17, 15) is 0 Å². The van der Waals surface area contributed by atoms with E-state index in [4.69, 9.17) is 25.8 Å². The molecule has 3 aromatic rings. The molecule has 2 atom stereocenters.